The van der Waals surface area contributed by atoms with Gasteiger partial charge in [0.2, 0.25) is 0 Å². The average Bonchev–Trinajstić information content (AvgIpc) is 2.98. The van der Waals surface area contributed by atoms with Gasteiger partial charge in [0.15, 0.2) is 5.69 Å². The molecule has 1 N–H and O–H groups in total. The lowest BCUT2D eigenvalue weighted by Crippen LogP contribution is -2.12. The van der Waals surface area contributed by atoms with Crippen LogP contribution in [0.15, 0.2) is 54.6 Å². The second-order valence-corrected chi connectivity index (χ2v) is 5.20. The van der Waals surface area contributed by atoms with E-state index in [0.717, 1.165) is 11.3 Å². The van der Waals surface area contributed by atoms with Crippen LogP contribution in [0.25, 0.3) is 11.3 Å². The number of ether oxygens (including phenoxy) is 1. The SMILES string of the molecule is COc1ccccc1-c1cc(C(=O)Nc2ccc(F)cc2)nn1C. The van der Waals surface area contributed by atoms with E-state index < -0.39 is 0 Å². The fourth-order valence-corrected chi connectivity index (χ4v) is 2.41. The van der Waals surface area contributed by atoms with Crippen LogP contribution in [0.5, 0.6) is 5.75 Å². The quantitative estimate of drug-likeness (QED) is 0.799. The van der Waals surface area contributed by atoms with Crippen molar-refractivity contribution in [3.8, 4) is 17.0 Å². The number of rotatable bonds is 4. The van der Waals surface area contributed by atoms with Gasteiger partial charge in [0, 0.05) is 18.3 Å². The molecule has 0 unspecified atom stereocenters. The van der Waals surface area contributed by atoms with Gasteiger partial charge in [-0.05, 0) is 42.5 Å². The van der Waals surface area contributed by atoms with Gasteiger partial charge in [0.05, 0.1) is 12.8 Å². The summed E-state index contributed by atoms with van der Waals surface area (Å²) < 4.78 is 19.9. The summed E-state index contributed by atoms with van der Waals surface area (Å²) in [4.78, 5) is 12.3. The Morgan fingerprint density at radius 3 is 2.58 bits per heavy atom. The fraction of sp³-hybridized carbons (Fsp3) is 0.111. The van der Waals surface area contributed by atoms with E-state index in [1.54, 1.807) is 24.9 Å². The summed E-state index contributed by atoms with van der Waals surface area (Å²) >= 11 is 0. The van der Waals surface area contributed by atoms with Crippen LogP contribution in [-0.2, 0) is 7.05 Å². The number of amides is 1. The first-order chi connectivity index (χ1) is 11.6. The first-order valence-corrected chi connectivity index (χ1v) is 7.33. The van der Waals surface area contributed by atoms with Gasteiger partial charge in [-0.2, -0.15) is 5.10 Å². The molecule has 0 saturated carbocycles. The number of anilines is 1. The molecule has 3 rings (SSSR count). The molecule has 0 fully saturated rings. The summed E-state index contributed by atoms with van der Waals surface area (Å²) in [5, 5.41) is 6.94. The monoisotopic (exact) mass is 325 g/mol. The van der Waals surface area contributed by atoms with Crippen LogP contribution in [0.1, 0.15) is 10.5 Å². The second kappa shape index (κ2) is 6.54. The van der Waals surface area contributed by atoms with Gasteiger partial charge in [-0.25, -0.2) is 4.39 Å². The Hall–Kier alpha value is -3.15. The number of halogens is 1. The molecule has 6 heteroatoms. The van der Waals surface area contributed by atoms with E-state index in [9.17, 15) is 9.18 Å². The number of aryl methyl sites for hydroxylation is 1. The third kappa shape index (κ3) is 3.12. The average molecular weight is 325 g/mol. The summed E-state index contributed by atoms with van der Waals surface area (Å²) in [6.45, 7) is 0. The van der Waals surface area contributed by atoms with Crippen molar-refractivity contribution >= 4 is 11.6 Å². The van der Waals surface area contributed by atoms with Gasteiger partial charge < -0.3 is 10.1 Å². The molecule has 1 aromatic heterocycles. The summed E-state index contributed by atoms with van der Waals surface area (Å²) in [6, 6.07) is 14.8. The second-order valence-electron chi connectivity index (χ2n) is 5.20. The first kappa shape index (κ1) is 15.7. The molecule has 0 spiro atoms. The third-order valence-corrected chi connectivity index (χ3v) is 3.60. The predicted molar refractivity (Wildman–Crippen MR) is 89.5 cm³/mol. The molecule has 1 heterocycles. The largest absolute Gasteiger partial charge is 0.496 e. The number of carbonyl (C=O) groups excluding carboxylic acids is 1. The Morgan fingerprint density at radius 1 is 1.17 bits per heavy atom. The highest BCUT2D eigenvalue weighted by molar-refractivity contribution is 6.03. The van der Waals surface area contributed by atoms with Crippen molar-refractivity contribution < 1.29 is 13.9 Å². The van der Waals surface area contributed by atoms with Crippen LogP contribution in [0, 0.1) is 5.82 Å². The highest BCUT2D eigenvalue weighted by Gasteiger charge is 2.16. The minimum Gasteiger partial charge on any atom is -0.496 e. The number of benzene rings is 2. The van der Waals surface area contributed by atoms with Gasteiger partial charge in [-0.3, -0.25) is 9.48 Å². The van der Waals surface area contributed by atoms with Crippen molar-refractivity contribution in [1.82, 2.24) is 9.78 Å². The summed E-state index contributed by atoms with van der Waals surface area (Å²) in [5.74, 6) is -0.0198. The van der Waals surface area contributed by atoms with Crippen LogP contribution < -0.4 is 10.1 Å². The molecule has 0 aliphatic rings. The zero-order valence-corrected chi connectivity index (χ0v) is 13.3. The molecule has 0 aliphatic heterocycles. The number of carbonyl (C=O) groups is 1. The Balaban J connectivity index is 1.88. The highest BCUT2D eigenvalue weighted by Crippen LogP contribution is 2.29. The van der Waals surface area contributed by atoms with Gasteiger partial charge in [-0.15, -0.1) is 0 Å². The molecular weight excluding hydrogens is 309 g/mol. The van der Waals surface area contributed by atoms with Crippen LogP contribution in [0.4, 0.5) is 10.1 Å². The van der Waals surface area contributed by atoms with E-state index in [1.807, 2.05) is 24.3 Å². The van der Waals surface area contributed by atoms with Crippen molar-refractivity contribution in [2.75, 3.05) is 12.4 Å². The normalized spacial score (nSPS) is 10.5. The van der Waals surface area contributed by atoms with Crippen molar-refractivity contribution in [3.05, 3.63) is 66.1 Å². The van der Waals surface area contributed by atoms with Gasteiger partial charge in [0.25, 0.3) is 5.91 Å². The lowest BCUT2D eigenvalue weighted by molar-refractivity contribution is 0.102. The Bertz CT molecular complexity index is 872. The molecule has 0 saturated heterocycles. The van der Waals surface area contributed by atoms with Crippen molar-refractivity contribution in [1.29, 1.82) is 0 Å². The van der Waals surface area contributed by atoms with Crippen molar-refractivity contribution in [3.63, 3.8) is 0 Å². The Morgan fingerprint density at radius 2 is 1.88 bits per heavy atom. The number of aromatic nitrogens is 2. The topological polar surface area (TPSA) is 56.1 Å². The molecule has 2 aromatic carbocycles. The van der Waals surface area contributed by atoms with Gasteiger partial charge in [0.1, 0.15) is 11.6 Å². The minimum atomic E-state index is -0.363. The zero-order valence-electron chi connectivity index (χ0n) is 13.3. The van der Waals surface area contributed by atoms with E-state index >= 15 is 0 Å². The van der Waals surface area contributed by atoms with Gasteiger partial charge in [-0.1, -0.05) is 12.1 Å². The van der Waals surface area contributed by atoms with Crippen LogP contribution >= 0.6 is 0 Å². The summed E-state index contributed by atoms with van der Waals surface area (Å²) in [6.07, 6.45) is 0. The predicted octanol–water partition coefficient (Wildman–Crippen LogP) is 3.49. The van der Waals surface area contributed by atoms with Crippen LogP contribution in [-0.4, -0.2) is 22.8 Å². The lowest BCUT2D eigenvalue weighted by atomic mass is 10.1. The van der Waals surface area contributed by atoms with Crippen LogP contribution in [0.3, 0.4) is 0 Å². The maximum atomic E-state index is 12.9. The van der Waals surface area contributed by atoms with Crippen molar-refractivity contribution in [2.45, 2.75) is 0 Å². The number of methoxy groups -OCH3 is 1. The van der Waals surface area contributed by atoms with E-state index in [2.05, 4.69) is 10.4 Å². The summed E-state index contributed by atoms with van der Waals surface area (Å²) in [7, 11) is 3.35. The van der Waals surface area contributed by atoms with E-state index in [4.69, 9.17) is 4.74 Å². The molecule has 0 radical (unpaired) electrons. The number of hydrogen-bond donors (Lipinski definition) is 1. The van der Waals surface area contributed by atoms with Crippen LogP contribution in [0.2, 0.25) is 0 Å². The molecule has 5 nitrogen and oxygen atoms in total. The molecule has 0 atom stereocenters. The van der Waals surface area contributed by atoms with E-state index in [-0.39, 0.29) is 17.4 Å². The smallest absolute Gasteiger partial charge is 0.276 e. The fourth-order valence-electron chi connectivity index (χ4n) is 2.41. The Kier molecular flexibility index (Phi) is 4.29. The lowest BCUT2D eigenvalue weighted by Gasteiger charge is -2.07. The molecule has 3 aromatic rings. The molecular formula is C18H16FN3O2. The maximum absolute atomic E-state index is 12.9. The molecule has 0 bridgehead atoms. The molecule has 1 amide bonds. The first-order valence-electron chi connectivity index (χ1n) is 7.33. The van der Waals surface area contributed by atoms with E-state index in [1.165, 1.54) is 24.3 Å². The summed E-state index contributed by atoms with van der Waals surface area (Å²) in [5.41, 5.74) is 2.38. The van der Waals surface area contributed by atoms with E-state index in [0.29, 0.717) is 11.4 Å². The Labute approximate surface area is 138 Å². The number of para-hydroxylation sites is 1. The number of hydrogen-bond acceptors (Lipinski definition) is 3. The third-order valence-electron chi connectivity index (χ3n) is 3.60. The standard InChI is InChI=1S/C18H16FN3O2/c1-22-16(14-5-3-4-6-17(14)24-2)11-15(21-22)18(23)20-13-9-7-12(19)8-10-13/h3-11H,1-2H3,(H,20,23). The molecule has 0 aliphatic carbocycles. The molecule has 24 heavy (non-hydrogen) atoms. The number of nitrogens with zero attached hydrogens (tertiary/aromatic N) is 2. The molecule has 122 valence electrons. The van der Waals surface area contributed by atoms with Crippen molar-refractivity contribution in [2.24, 2.45) is 7.05 Å². The number of nitrogens with one attached hydrogen (secondary N) is 1. The highest BCUT2D eigenvalue weighted by atomic mass is 19.1. The minimum absolute atomic E-state index is 0.266. The zero-order chi connectivity index (χ0) is 17.1. The van der Waals surface area contributed by atoms with Gasteiger partial charge >= 0.3 is 0 Å². The maximum Gasteiger partial charge on any atom is 0.276 e.